The highest BCUT2D eigenvalue weighted by atomic mass is 19.1. The molecular weight excluding hydrogens is 381 g/mol. The Balaban J connectivity index is 1.61. The Bertz CT molecular complexity index is 1030. The number of carbonyl (C=O) groups excluding carboxylic acids is 1. The molecule has 4 rings (SSSR count). The summed E-state index contributed by atoms with van der Waals surface area (Å²) in [7, 11) is 0. The number of nitrogens with two attached hydrogens (primary N) is 2. The molecule has 0 amide bonds. The van der Waals surface area contributed by atoms with Crippen LogP contribution >= 0.6 is 0 Å². The van der Waals surface area contributed by atoms with Gasteiger partial charge < -0.3 is 16.4 Å². The van der Waals surface area contributed by atoms with Gasteiger partial charge in [-0.25, -0.2) is 9.37 Å². The molecule has 154 valence electrons. The predicted octanol–water partition coefficient (Wildman–Crippen LogP) is 3.03. The normalized spacial score (nSPS) is 18.9. The molecule has 1 aromatic carbocycles. The molecule has 7 heteroatoms. The Hall–Kier alpha value is -3.32. The number of benzene rings is 1. The molecule has 2 atom stereocenters. The van der Waals surface area contributed by atoms with Crippen LogP contribution < -0.4 is 16.4 Å². The summed E-state index contributed by atoms with van der Waals surface area (Å²) in [6, 6.07) is 14.7. The van der Waals surface area contributed by atoms with Crippen molar-refractivity contribution in [3.63, 3.8) is 0 Å². The first-order chi connectivity index (χ1) is 14.5. The number of halogens is 1. The predicted molar refractivity (Wildman–Crippen MR) is 116 cm³/mol. The molecule has 1 aliphatic rings. The van der Waals surface area contributed by atoms with Gasteiger partial charge in [-0.2, -0.15) is 0 Å². The number of nitrogens with zero attached hydrogens (tertiary/aromatic N) is 3. The average molecular weight is 405 g/mol. The van der Waals surface area contributed by atoms with E-state index in [9.17, 15) is 9.18 Å². The monoisotopic (exact) mass is 405 g/mol. The van der Waals surface area contributed by atoms with Crippen LogP contribution in [0.3, 0.4) is 0 Å². The van der Waals surface area contributed by atoms with Gasteiger partial charge in [0.05, 0.1) is 11.4 Å². The molecule has 0 radical (unpaired) electrons. The van der Waals surface area contributed by atoms with Crippen molar-refractivity contribution in [3.05, 3.63) is 72.2 Å². The number of aromatic nitrogens is 2. The summed E-state index contributed by atoms with van der Waals surface area (Å²) >= 11 is 0. The minimum Gasteiger partial charge on any atom is -0.397 e. The quantitative estimate of drug-likeness (QED) is 0.633. The second-order valence-electron chi connectivity index (χ2n) is 7.60. The van der Waals surface area contributed by atoms with E-state index in [1.165, 1.54) is 0 Å². The molecule has 0 spiro atoms. The van der Waals surface area contributed by atoms with E-state index in [4.69, 9.17) is 11.5 Å². The minimum absolute atomic E-state index is 0.0707. The average Bonchev–Trinajstić information content (AvgIpc) is 2.74. The second kappa shape index (κ2) is 8.59. The number of nitrogen functional groups attached to an aromatic ring is 1. The number of rotatable bonds is 5. The van der Waals surface area contributed by atoms with E-state index in [-0.39, 0.29) is 30.5 Å². The molecule has 3 heterocycles. The molecule has 4 N–H and O–H groups in total. The van der Waals surface area contributed by atoms with Crippen LogP contribution in [-0.2, 0) is 6.42 Å². The van der Waals surface area contributed by atoms with E-state index >= 15 is 0 Å². The molecule has 0 bridgehead atoms. The van der Waals surface area contributed by atoms with Crippen molar-refractivity contribution in [1.29, 1.82) is 0 Å². The number of piperidine rings is 1. The molecule has 0 saturated carbocycles. The van der Waals surface area contributed by atoms with Crippen molar-refractivity contribution in [2.75, 3.05) is 23.7 Å². The zero-order valence-corrected chi connectivity index (χ0v) is 16.5. The summed E-state index contributed by atoms with van der Waals surface area (Å²) in [5.74, 6) is -0.211. The van der Waals surface area contributed by atoms with Gasteiger partial charge >= 0.3 is 0 Å². The molecule has 0 unspecified atom stereocenters. The van der Waals surface area contributed by atoms with Crippen LogP contribution in [0.2, 0.25) is 0 Å². The van der Waals surface area contributed by atoms with E-state index in [0.717, 1.165) is 11.3 Å². The Morgan fingerprint density at radius 3 is 2.70 bits per heavy atom. The lowest BCUT2D eigenvalue weighted by Crippen LogP contribution is -2.48. The Morgan fingerprint density at radius 2 is 1.93 bits per heavy atom. The summed E-state index contributed by atoms with van der Waals surface area (Å²) in [4.78, 5) is 23.7. The zero-order valence-electron chi connectivity index (χ0n) is 16.5. The van der Waals surface area contributed by atoms with Crippen molar-refractivity contribution in [2.24, 2.45) is 5.73 Å². The number of alkyl halides is 1. The lowest BCUT2D eigenvalue weighted by molar-refractivity contribution is 0.0989. The summed E-state index contributed by atoms with van der Waals surface area (Å²) < 4.78 is 14.1. The van der Waals surface area contributed by atoms with Crippen LogP contribution in [0.15, 0.2) is 60.9 Å². The van der Waals surface area contributed by atoms with Crippen LogP contribution in [0.1, 0.15) is 22.5 Å². The van der Waals surface area contributed by atoms with Crippen molar-refractivity contribution < 1.29 is 9.18 Å². The van der Waals surface area contributed by atoms with Gasteiger partial charge in [-0.15, -0.1) is 0 Å². The lowest BCUT2D eigenvalue weighted by atomic mass is 10.0. The molecular formula is C23H24FN5O. The first-order valence-corrected chi connectivity index (χ1v) is 9.94. The minimum atomic E-state index is -0.995. The van der Waals surface area contributed by atoms with Gasteiger partial charge in [0, 0.05) is 54.8 Å². The van der Waals surface area contributed by atoms with Gasteiger partial charge in [-0.05, 0) is 24.6 Å². The molecule has 6 nitrogen and oxygen atoms in total. The van der Waals surface area contributed by atoms with E-state index in [2.05, 4.69) is 9.97 Å². The summed E-state index contributed by atoms with van der Waals surface area (Å²) in [5.41, 5.74) is 15.7. The fraction of sp³-hybridized carbons (Fsp3) is 0.261. The van der Waals surface area contributed by atoms with Crippen LogP contribution in [0, 0.1) is 0 Å². The number of anilines is 2. The van der Waals surface area contributed by atoms with E-state index < -0.39 is 6.17 Å². The van der Waals surface area contributed by atoms with Gasteiger partial charge in [-0.3, -0.25) is 9.78 Å². The summed E-state index contributed by atoms with van der Waals surface area (Å²) in [6.45, 7) is 0.790. The Morgan fingerprint density at radius 1 is 1.13 bits per heavy atom. The number of hydrogen-bond donors (Lipinski definition) is 2. The molecule has 30 heavy (non-hydrogen) atoms. The molecule has 1 saturated heterocycles. The summed E-state index contributed by atoms with van der Waals surface area (Å²) in [5, 5.41) is 0. The molecule has 3 aromatic rings. The number of carbonyl (C=O) groups is 1. The van der Waals surface area contributed by atoms with Gasteiger partial charge in [0.15, 0.2) is 5.78 Å². The maximum Gasteiger partial charge on any atom is 0.187 e. The van der Waals surface area contributed by atoms with Crippen molar-refractivity contribution in [1.82, 2.24) is 9.97 Å². The fourth-order valence-electron chi connectivity index (χ4n) is 3.86. The smallest absolute Gasteiger partial charge is 0.187 e. The van der Waals surface area contributed by atoms with Crippen LogP contribution in [-0.4, -0.2) is 41.1 Å². The second-order valence-corrected chi connectivity index (χ2v) is 7.60. The highest BCUT2D eigenvalue weighted by molar-refractivity contribution is 6.01. The van der Waals surface area contributed by atoms with Crippen molar-refractivity contribution in [3.8, 4) is 11.3 Å². The number of Topliss-reactive ketones (excluding diaryl/α,β-unsaturated/α-hetero) is 1. The molecule has 1 aliphatic heterocycles. The maximum absolute atomic E-state index is 14.1. The Kier molecular flexibility index (Phi) is 5.72. The van der Waals surface area contributed by atoms with Crippen LogP contribution in [0.4, 0.5) is 15.8 Å². The number of pyridine rings is 2. The van der Waals surface area contributed by atoms with Gasteiger partial charge in [-0.1, -0.05) is 30.3 Å². The highest BCUT2D eigenvalue weighted by Crippen LogP contribution is 2.27. The number of hydrogen-bond acceptors (Lipinski definition) is 6. The topological polar surface area (TPSA) is 98.1 Å². The molecule has 0 aliphatic carbocycles. The van der Waals surface area contributed by atoms with Gasteiger partial charge in [0.2, 0.25) is 0 Å². The third-order valence-electron chi connectivity index (χ3n) is 5.26. The third-order valence-corrected chi connectivity index (χ3v) is 5.26. The third kappa shape index (κ3) is 4.31. The Labute approximate surface area is 174 Å². The molecule has 1 fully saturated rings. The van der Waals surface area contributed by atoms with E-state index in [1.54, 1.807) is 30.6 Å². The first-order valence-electron chi connectivity index (χ1n) is 9.94. The zero-order chi connectivity index (χ0) is 21.1. The highest BCUT2D eigenvalue weighted by Gasteiger charge is 2.27. The standard InChI is InChI=1S/C23H24FN5O/c24-17-11-18(25)14-29(13-17)21-8-9-27-12-16(21)10-22(30)23-19(26)6-7-20(28-23)15-4-2-1-3-5-15/h1-9,12,17-18H,10-11,13-14,25-26H2/t17-,18+/m1/s1. The number of ketones is 1. The van der Waals surface area contributed by atoms with E-state index in [0.29, 0.717) is 29.9 Å². The van der Waals surface area contributed by atoms with Gasteiger partial charge in [0.25, 0.3) is 0 Å². The SMILES string of the molecule is Nc1ccc(-c2ccccc2)nc1C(=O)Cc1cnccc1N1C[C@@H](N)C[C@@H](F)C1. The van der Waals surface area contributed by atoms with Crippen molar-refractivity contribution >= 4 is 17.2 Å². The lowest BCUT2D eigenvalue weighted by Gasteiger charge is -2.35. The molecule has 2 aromatic heterocycles. The largest absolute Gasteiger partial charge is 0.397 e. The maximum atomic E-state index is 14.1. The van der Waals surface area contributed by atoms with E-state index in [1.807, 2.05) is 35.2 Å². The van der Waals surface area contributed by atoms with Crippen molar-refractivity contribution in [2.45, 2.75) is 25.1 Å². The first kappa shape index (κ1) is 20.0. The van der Waals surface area contributed by atoms with Crippen LogP contribution in [0.5, 0.6) is 0 Å². The van der Waals surface area contributed by atoms with Crippen LogP contribution in [0.25, 0.3) is 11.3 Å². The fourth-order valence-corrected chi connectivity index (χ4v) is 3.86. The van der Waals surface area contributed by atoms with Gasteiger partial charge in [0.1, 0.15) is 11.9 Å². The summed E-state index contributed by atoms with van der Waals surface area (Å²) in [6.07, 6.45) is 2.70.